The summed E-state index contributed by atoms with van der Waals surface area (Å²) in [7, 11) is 3.14. The maximum Gasteiger partial charge on any atom is 0.261 e. The van der Waals surface area contributed by atoms with E-state index in [4.69, 9.17) is 25.2 Å². The average Bonchev–Trinajstić information content (AvgIpc) is 3.22. The molecule has 6 aromatic rings. The monoisotopic (exact) mass is 489 g/mol. The van der Waals surface area contributed by atoms with Gasteiger partial charge in [-0.05, 0) is 35.7 Å². The third kappa shape index (κ3) is 3.66. The smallest absolute Gasteiger partial charge is 0.261 e. The highest BCUT2D eigenvalue weighted by atomic mass is 16.5. The quantitative estimate of drug-likeness (QED) is 0.328. The summed E-state index contributed by atoms with van der Waals surface area (Å²) in [5.74, 6) is 0.946. The molecule has 0 spiro atoms. The third-order valence-electron chi connectivity index (χ3n) is 6.39. The van der Waals surface area contributed by atoms with E-state index in [1.54, 1.807) is 30.9 Å². The fraction of sp³-hybridized carbons (Fsp3) is 0.0690. The molecule has 0 unspecified atom stereocenters. The number of rotatable bonds is 5. The number of nitrogen functional groups attached to an aromatic ring is 1. The van der Waals surface area contributed by atoms with Gasteiger partial charge in [-0.3, -0.25) is 9.36 Å². The molecular formula is C29H23N5O3. The Kier molecular flexibility index (Phi) is 5.34. The SMILES string of the molecule is COc1ccc(-n2c(N)c(C(=O)Nc3cccc4ccccc34)c3nc4ccccc4nc32)cc1OC. The van der Waals surface area contributed by atoms with Crippen molar-refractivity contribution in [2.45, 2.75) is 0 Å². The number of para-hydroxylation sites is 2. The standard InChI is InChI=1S/C29H23N5O3/c1-36-23-15-14-18(16-24(23)37-2)34-27(30)25(26-28(34)32-22-12-6-5-11-21(22)31-26)29(35)33-20-13-7-9-17-8-3-4-10-19(17)20/h3-16H,30H2,1-2H3,(H,33,35). The normalized spacial score (nSPS) is 11.2. The van der Waals surface area contributed by atoms with Crippen molar-refractivity contribution in [1.29, 1.82) is 0 Å². The van der Waals surface area contributed by atoms with Crippen molar-refractivity contribution in [2.24, 2.45) is 0 Å². The highest BCUT2D eigenvalue weighted by molar-refractivity contribution is 6.18. The number of carbonyl (C=O) groups excluding carboxylic acids is 1. The van der Waals surface area contributed by atoms with E-state index < -0.39 is 0 Å². The maximum atomic E-state index is 13.8. The lowest BCUT2D eigenvalue weighted by molar-refractivity contribution is 0.102. The molecule has 182 valence electrons. The topological polar surface area (TPSA) is 104 Å². The molecule has 6 rings (SSSR count). The second-order valence-corrected chi connectivity index (χ2v) is 8.50. The van der Waals surface area contributed by atoms with Gasteiger partial charge in [0.15, 0.2) is 17.1 Å². The molecule has 0 bridgehead atoms. The van der Waals surface area contributed by atoms with Crippen LogP contribution in [0.1, 0.15) is 10.4 Å². The molecule has 2 heterocycles. The van der Waals surface area contributed by atoms with Crippen LogP contribution in [0.25, 0.3) is 38.7 Å². The summed E-state index contributed by atoms with van der Waals surface area (Å²) < 4.78 is 12.6. The number of nitrogens with one attached hydrogen (secondary N) is 1. The highest BCUT2D eigenvalue weighted by Crippen LogP contribution is 2.35. The summed E-state index contributed by atoms with van der Waals surface area (Å²) in [6.07, 6.45) is 0. The predicted molar refractivity (Wildman–Crippen MR) is 146 cm³/mol. The van der Waals surface area contributed by atoms with Crippen molar-refractivity contribution in [3.63, 3.8) is 0 Å². The third-order valence-corrected chi connectivity index (χ3v) is 6.39. The summed E-state index contributed by atoms with van der Waals surface area (Å²) in [6, 6.07) is 26.6. The fourth-order valence-electron chi connectivity index (χ4n) is 4.63. The van der Waals surface area contributed by atoms with Gasteiger partial charge in [-0.25, -0.2) is 9.97 Å². The molecule has 0 radical (unpaired) electrons. The number of amides is 1. The van der Waals surface area contributed by atoms with Gasteiger partial charge in [0.1, 0.15) is 16.9 Å². The van der Waals surface area contributed by atoms with Gasteiger partial charge in [0.2, 0.25) is 0 Å². The lowest BCUT2D eigenvalue weighted by Crippen LogP contribution is -2.14. The minimum absolute atomic E-state index is 0.218. The largest absolute Gasteiger partial charge is 0.493 e. The average molecular weight is 490 g/mol. The van der Waals surface area contributed by atoms with Crippen LogP contribution in [0.2, 0.25) is 0 Å². The number of hydrogen-bond acceptors (Lipinski definition) is 6. The number of ether oxygens (including phenoxy) is 2. The Labute approximate surface area is 212 Å². The predicted octanol–water partition coefficient (Wildman–Crippen LogP) is 5.58. The van der Waals surface area contributed by atoms with Gasteiger partial charge in [-0.1, -0.05) is 48.5 Å². The summed E-state index contributed by atoms with van der Waals surface area (Å²) in [5.41, 5.74) is 10.5. The Morgan fingerprint density at radius 2 is 1.54 bits per heavy atom. The van der Waals surface area contributed by atoms with Crippen molar-refractivity contribution in [3.05, 3.63) is 90.5 Å². The second kappa shape index (κ2) is 8.83. The summed E-state index contributed by atoms with van der Waals surface area (Å²) >= 11 is 0. The van der Waals surface area contributed by atoms with Crippen LogP contribution in [0.3, 0.4) is 0 Å². The van der Waals surface area contributed by atoms with Crippen LogP contribution < -0.4 is 20.5 Å². The first-order chi connectivity index (χ1) is 18.1. The Morgan fingerprint density at radius 1 is 0.838 bits per heavy atom. The summed E-state index contributed by atoms with van der Waals surface area (Å²) in [4.78, 5) is 23.4. The molecule has 0 atom stereocenters. The van der Waals surface area contributed by atoms with Crippen molar-refractivity contribution >= 4 is 50.4 Å². The molecule has 0 saturated heterocycles. The zero-order valence-corrected chi connectivity index (χ0v) is 20.2. The number of fused-ring (bicyclic) bond motifs is 3. The number of benzene rings is 4. The van der Waals surface area contributed by atoms with Crippen molar-refractivity contribution in [1.82, 2.24) is 14.5 Å². The van der Waals surface area contributed by atoms with Gasteiger partial charge in [0.25, 0.3) is 5.91 Å². The van der Waals surface area contributed by atoms with Crippen molar-refractivity contribution in [3.8, 4) is 17.2 Å². The first-order valence-electron chi connectivity index (χ1n) is 11.7. The Balaban J connectivity index is 1.57. The molecule has 0 aliphatic heterocycles. The minimum atomic E-state index is -0.373. The zero-order chi connectivity index (χ0) is 25.5. The molecule has 8 nitrogen and oxygen atoms in total. The minimum Gasteiger partial charge on any atom is -0.493 e. The van der Waals surface area contributed by atoms with E-state index in [-0.39, 0.29) is 17.3 Å². The molecule has 0 aliphatic carbocycles. The summed E-state index contributed by atoms with van der Waals surface area (Å²) in [5, 5.41) is 4.99. The van der Waals surface area contributed by atoms with Crippen molar-refractivity contribution in [2.75, 3.05) is 25.3 Å². The van der Waals surface area contributed by atoms with Gasteiger partial charge in [0.05, 0.1) is 30.9 Å². The number of nitrogens with zero attached hydrogens (tertiary/aromatic N) is 3. The fourth-order valence-corrected chi connectivity index (χ4v) is 4.63. The highest BCUT2D eigenvalue weighted by Gasteiger charge is 2.26. The molecule has 3 N–H and O–H groups in total. The van der Waals surface area contributed by atoms with Gasteiger partial charge >= 0.3 is 0 Å². The first-order valence-corrected chi connectivity index (χ1v) is 11.7. The van der Waals surface area contributed by atoms with E-state index in [0.717, 1.165) is 10.8 Å². The second-order valence-electron chi connectivity index (χ2n) is 8.50. The van der Waals surface area contributed by atoms with E-state index in [0.29, 0.717) is 45.1 Å². The van der Waals surface area contributed by atoms with Crippen LogP contribution in [-0.4, -0.2) is 34.7 Å². The molecule has 37 heavy (non-hydrogen) atoms. The number of nitrogens with two attached hydrogens (primary N) is 1. The van der Waals surface area contributed by atoms with Crippen LogP contribution in [0.4, 0.5) is 11.5 Å². The molecule has 0 saturated carbocycles. The number of anilines is 2. The zero-order valence-electron chi connectivity index (χ0n) is 20.2. The van der Waals surface area contributed by atoms with Crippen LogP contribution >= 0.6 is 0 Å². The lowest BCUT2D eigenvalue weighted by atomic mass is 10.1. The number of carbonyl (C=O) groups is 1. The van der Waals surface area contributed by atoms with Gasteiger partial charge in [-0.2, -0.15) is 0 Å². The van der Waals surface area contributed by atoms with E-state index in [2.05, 4.69) is 5.32 Å². The molecule has 8 heteroatoms. The lowest BCUT2D eigenvalue weighted by Gasteiger charge is -2.12. The van der Waals surface area contributed by atoms with E-state index in [1.165, 1.54) is 0 Å². The van der Waals surface area contributed by atoms with Crippen LogP contribution in [0, 0.1) is 0 Å². The number of hydrogen-bond donors (Lipinski definition) is 2. The molecule has 2 aromatic heterocycles. The van der Waals surface area contributed by atoms with Gasteiger partial charge in [-0.15, -0.1) is 0 Å². The van der Waals surface area contributed by atoms with E-state index in [9.17, 15) is 4.79 Å². The number of aromatic nitrogens is 3. The van der Waals surface area contributed by atoms with Crippen LogP contribution in [0.15, 0.2) is 84.9 Å². The molecule has 1 amide bonds. The van der Waals surface area contributed by atoms with E-state index >= 15 is 0 Å². The van der Waals surface area contributed by atoms with Crippen LogP contribution in [0.5, 0.6) is 11.5 Å². The Bertz CT molecular complexity index is 1820. The van der Waals surface area contributed by atoms with E-state index in [1.807, 2.05) is 72.8 Å². The molecular weight excluding hydrogens is 466 g/mol. The van der Waals surface area contributed by atoms with Crippen LogP contribution in [-0.2, 0) is 0 Å². The number of methoxy groups -OCH3 is 2. The molecule has 4 aromatic carbocycles. The van der Waals surface area contributed by atoms with Gasteiger partial charge in [0, 0.05) is 17.1 Å². The Morgan fingerprint density at radius 3 is 2.32 bits per heavy atom. The first kappa shape index (κ1) is 22.4. The molecule has 0 fully saturated rings. The van der Waals surface area contributed by atoms with Crippen molar-refractivity contribution < 1.29 is 14.3 Å². The maximum absolute atomic E-state index is 13.8. The van der Waals surface area contributed by atoms with Gasteiger partial charge < -0.3 is 20.5 Å². The Hall–Kier alpha value is -5.11. The molecule has 0 aliphatic rings. The summed E-state index contributed by atoms with van der Waals surface area (Å²) in [6.45, 7) is 0.